The molecule has 0 fully saturated rings. The van der Waals surface area contributed by atoms with E-state index in [-0.39, 0.29) is 17.1 Å². The predicted molar refractivity (Wildman–Crippen MR) is 115 cm³/mol. The van der Waals surface area contributed by atoms with Gasteiger partial charge in [-0.05, 0) is 42.2 Å². The highest BCUT2D eigenvalue weighted by Gasteiger charge is 2.14. The van der Waals surface area contributed by atoms with Crippen LogP contribution in [0.15, 0.2) is 52.5 Å². The van der Waals surface area contributed by atoms with Crippen molar-refractivity contribution in [1.82, 2.24) is 5.32 Å². The standard InChI is InChI=1S/C22H21BrN2O5/c1-29-19-11-16(18(23)12-20(19)30-14-21(26)27)10-17(13-24)22(28)25-9-5-8-15-6-3-2-4-7-15/h2-4,6-7,10-12H,5,8-9,14H2,1H3,(H,25,28)(H,26,27)/b17-10-. The number of rotatable bonds is 10. The number of hydrogen-bond acceptors (Lipinski definition) is 5. The van der Waals surface area contributed by atoms with Gasteiger partial charge in [0.15, 0.2) is 18.1 Å². The minimum absolute atomic E-state index is 0.0586. The van der Waals surface area contributed by atoms with Crippen LogP contribution in [-0.2, 0) is 16.0 Å². The van der Waals surface area contributed by atoms with E-state index in [4.69, 9.17) is 14.6 Å². The summed E-state index contributed by atoms with van der Waals surface area (Å²) in [6.45, 7) is -0.0774. The van der Waals surface area contributed by atoms with E-state index in [1.807, 2.05) is 36.4 Å². The van der Waals surface area contributed by atoms with Crippen molar-refractivity contribution in [1.29, 1.82) is 5.26 Å². The van der Waals surface area contributed by atoms with E-state index in [1.54, 1.807) is 6.07 Å². The summed E-state index contributed by atoms with van der Waals surface area (Å²) in [6, 6.07) is 14.9. The Bertz CT molecular complexity index is 967. The molecular formula is C22H21BrN2O5. The average Bonchev–Trinajstić information content (AvgIpc) is 2.75. The molecule has 0 aliphatic rings. The molecule has 8 heteroatoms. The fourth-order valence-corrected chi connectivity index (χ4v) is 3.05. The number of nitrogens with one attached hydrogen (secondary N) is 1. The molecule has 2 aromatic rings. The van der Waals surface area contributed by atoms with Crippen LogP contribution < -0.4 is 14.8 Å². The quantitative estimate of drug-likeness (QED) is 0.310. The lowest BCUT2D eigenvalue weighted by molar-refractivity contribution is -0.139. The lowest BCUT2D eigenvalue weighted by Crippen LogP contribution is -2.25. The van der Waals surface area contributed by atoms with Crippen LogP contribution in [0.25, 0.3) is 6.08 Å². The van der Waals surface area contributed by atoms with Crippen molar-refractivity contribution in [2.75, 3.05) is 20.3 Å². The van der Waals surface area contributed by atoms with Crippen molar-refractivity contribution in [2.24, 2.45) is 0 Å². The van der Waals surface area contributed by atoms with Gasteiger partial charge in [0.05, 0.1) is 7.11 Å². The molecule has 2 N–H and O–H groups in total. The Hall–Kier alpha value is -3.31. The number of carboxylic acid groups (broad SMARTS) is 1. The summed E-state index contributed by atoms with van der Waals surface area (Å²) in [5, 5.41) is 20.9. The number of carboxylic acids is 1. The van der Waals surface area contributed by atoms with Crippen molar-refractivity contribution in [2.45, 2.75) is 12.8 Å². The maximum Gasteiger partial charge on any atom is 0.341 e. The fourth-order valence-electron chi connectivity index (χ4n) is 2.61. The first-order chi connectivity index (χ1) is 14.4. The van der Waals surface area contributed by atoms with Crippen LogP contribution in [0.2, 0.25) is 0 Å². The predicted octanol–water partition coefficient (Wildman–Crippen LogP) is 3.58. The summed E-state index contributed by atoms with van der Waals surface area (Å²) in [7, 11) is 1.41. The Morgan fingerprint density at radius 3 is 2.60 bits per heavy atom. The Morgan fingerprint density at radius 1 is 1.23 bits per heavy atom. The van der Waals surface area contributed by atoms with Gasteiger partial charge in [0, 0.05) is 11.0 Å². The van der Waals surface area contributed by atoms with Crippen molar-refractivity contribution < 1.29 is 24.2 Å². The summed E-state index contributed by atoms with van der Waals surface area (Å²) in [5.41, 5.74) is 1.64. The lowest BCUT2D eigenvalue weighted by Gasteiger charge is -2.12. The van der Waals surface area contributed by atoms with E-state index in [2.05, 4.69) is 21.2 Å². The number of aryl methyl sites for hydroxylation is 1. The van der Waals surface area contributed by atoms with E-state index in [9.17, 15) is 14.9 Å². The second kappa shape index (κ2) is 11.6. The summed E-state index contributed by atoms with van der Waals surface area (Å²) in [5.74, 6) is -1.07. The zero-order valence-corrected chi connectivity index (χ0v) is 17.9. The van der Waals surface area contributed by atoms with E-state index < -0.39 is 18.5 Å². The maximum absolute atomic E-state index is 12.4. The van der Waals surface area contributed by atoms with Crippen LogP contribution in [0.3, 0.4) is 0 Å². The molecule has 7 nitrogen and oxygen atoms in total. The lowest BCUT2D eigenvalue weighted by atomic mass is 10.1. The maximum atomic E-state index is 12.4. The first kappa shape index (κ1) is 23.0. The zero-order valence-electron chi connectivity index (χ0n) is 16.4. The van der Waals surface area contributed by atoms with Gasteiger partial charge in [-0.1, -0.05) is 46.3 Å². The second-order valence-electron chi connectivity index (χ2n) is 6.22. The highest BCUT2D eigenvalue weighted by Crippen LogP contribution is 2.34. The van der Waals surface area contributed by atoms with Crippen molar-refractivity contribution in [3.05, 3.63) is 63.6 Å². The van der Waals surface area contributed by atoms with Gasteiger partial charge in [-0.25, -0.2) is 4.79 Å². The molecule has 0 saturated carbocycles. The highest BCUT2D eigenvalue weighted by atomic mass is 79.9. The third-order valence-corrected chi connectivity index (χ3v) is 4.76. The van der Waals surface area contributed by atoms with Crippen LogP contribution in [0.5, 0.6) is 11.5 Å². The van der Waals surface area contributed by atoms with Crippen molar-refractivity contribution >= 4 is 33.9 Å². The Morgan fingerprint density at radius 2 is 1.97 bits per heavy atom. The number of carbonyl (C=O) groups excluding carboxylic acids is 1. The molecule has 2 aromatic carbocycles. The normalized spacial score (nSPS) is 10.8. The molecule has 156 valence electrons. The molecule has 0 unspecified atom stereocenters. The molecule has 0 aliphatic carbocycles. The largest absolute Gasteiger partial charge is 0.493 e. The number of hydrogen-bond donors (Lipinski definition) is 2. The van der Waals surface area contributed by atoms with Gasteiger partial charge in [0.1, 0.15) is 11.6 Å². The van der Waals surface area contributed by atoms with Crippen LogP contribution in [-0.4, -0.2) is 37.2 Å². The number of ether oxygens (including phenoxy) is 2. The van der Waals surface area contributed by atoms with Gasteiger partial charge in [-0.3, -0.25) is 4.79 Å². The van der Waals surface area contributed by atoms with Gasteiger partial charge >= 0.3 is 5.97 Å². The summed E-state index contributed by atoms with van der Waals surface area (Å²) >= 11 is 3.35. The minimum atomic E-state index is -1.12. The molecule has 2 rings (SSSR count). The van der Waals surface area contributed by atoms with E-state index in [1.165, 1.54) is 24.8 Å². The number of methoxy groups -OCH3 is 1. The molecule has 0 heterocycles. The van der Waals surface area contributed by atoms with E-state index in [0.29, 0.717) is 16.6 Å². The van der Waals surface area contributed by atoms with Gasteiger partial charge in [0.2, 0.25) is 0 Å². The third kappa shape index (κ3) is 6.94. The van der Waals surface area contributed by atoms with Crippen LogP contribution in [0.4, 0.5) is 0 Å². The number of benzene rings is 2. The molecular weight excluding hydrogens is 452 g/mol. The molecule has 0 aliphatic heterocycles. The number of amides is 1. The first-order valence-corrected chi connectivity index (χ1v) is 9.90. The SMILES string of the molecule is COc1cc(/C=C(/C#N)C(=O)NCCCc2ccccc2)c(Br)cc1OCC(=O)O. The third-order valence-electron chi connectivity index (χ3n) is 4.07. The van der Waals surface area contributed by atoms with Crippen molar-refractivity contribution in [3.63, 3.8) is 0 Å². The number of carbonyl (C=O) groups is 2. The Balaban J connectivity index is 2.05. The van der Waals surface area contributed by atoms with Crippen LogP contribution in [0, 0.1) is 11.3 Å². The first-order valence-electron chi connectivity index (χ1n) is 9.10. The fraction of sp³-hybridized carbons (Fsp3) is 0.227. The minimum Gasteiger partial charge on any atom is -0.493 e. The van der Waals surface area contributed by atoms with E-state index in [0.717, 1.165) is 12.8 Å². The molecule has 0 aromatic heterocycles. The number of nitriles is 1. The average molecular weight is 473 g/mol. The second-order valence-corrected chi connectivity index (χ2v) is 7.08. The molecule has 0 bridgehead atoms. The molecule has 0 radical (unpaired) electrons. The topological polar surface area (TPSA) is 109 Å². The number of nitrogens with zero attached hydrogens (tertiary/aromatic N) is 1. The van der Waals surface area contributed by atoms with Crippen molar-refractivity contribution in [3.8, 4) is 17.6 Å². The smallest absolute Gasteiger partial charge is 0.341 e. The van der Waals surface area contributed by atoms with Gasteiger partial charge in [-0.2, -0.15) is 5.26 Å². The Labute approximate surface area is 183 Å². The molecule has 1 amide bonds. The van der Waals surface area contributed by atoms with Gasteiger partial charge in [0.25, 0.3) is 5.91 Å². The summed E-state index contributed by atoms with van der Waals surface area (Å²) in [4.78, 5) is 23.1. The van der Waals surface area contributed by atoms with E-state index >= 15 is 0 Å². The summed E-state index contributed by atoms with van der Waals surface area (Å²) < 4.78 is 10.9. The molecule has 0 atom stereocenters. The summed E-state index contributed by atoms with van der Waals surface area (Å²) in [6.07, 6.45) is 3.01. The molecule has 30 heavy (non-hydrogen) atoms. The number of halogens is 1. The monoisotopic (exact) mass is 472 g/mol. The van der Waals surface area contributed by atoms with Gasteiger partial charge in [-0.15, -0.1) is 0 Å². The molecule has 0 saturated heterocycles. The van der Waals surface area contributed by atoms with Crippen LogP contribution in [0.1, 0.15) is 17.5 Å². The number of aliphatic carboxylic acids is 1. The van der Waals surface area contributed by atoms with Crippen LogP contribution >= 0.6 is 15.9 Å². The highest BCUT2D eigenvalue weighted by molar-refractivity contribution is 9.10. The van der Waals surface area contributed by atoms with Gasteiger partial charge < -0.3 is 19.9 Å². The Kier molecular flexibility index (Phi) is 8.91. The molecule has 0 spiro atoms. The zero-order chi connectivity index (χ0) is 21.9.